The fourth-order valence-electron chi connectivity index (χ4n) is 2.96. The van der Waals surface area contributed by atoms with E-state index in [1.54, 1.807) is 0 Å². The third-order valence-corrected chi connectivity index (χ3v) is 5.41. The molecule has 14 heteroatoms. The van der Waals surface area contributed by atoms with E-state index in [-0.39, 0.29) is 17.7 Å². The first-order valence-electron chi connectivity index (χ1n) is 9.77. The highest BCUT2D eigenvalue weighted by molar-refractivity contribution is 7.89. The number of carbonyl (C=O) groups excluding carboxylic acids is 1. The van der Waals surface area contributed by atoms with Crippen molar-refractivity contribution < 1.29 is 49.0 Å². The monoisotopic (exact) mass is 534 g/mol. The van der Waals surface area contributed by atoms with Gasteiger partial charge in [-0.2, -0.15) is 13.2 Å². The molecule has 0 saturated carbocycles. The summed E-state index contributed by atoms with van der Waals surface area (Å²) in [6.45, 7) is 0. The molecule has 1 amide bonds. The van der Waals surface area contributed by atoms with Crippen molar-refractivity contribution in [2.45, 2.75) is 23.9 Å². The summed E-state index contributed by atoms with van der Waals surface area (Å²) in [5.41, 5.74) is -0.696. The van der Waals surface area contributed by atoms with Crippen molar-refractivity contribution in [3.05, 3.63) is 77.9 Å². The molecule has 0 aromatic heterocycles. The smallest absolute Gasteiger partial charge is 0.452 e. The number of anilines is 1. The van der Waals surface area contributed by atoms with Crippen LogP contribution in [0.2, 0.25) is 0 Å². The molecule has 0 fully saturated rings. The summed E-state index contributed by atoms with van der Waals surface area (Å²) in [5, 5.41) is 7.57. The molecule has 192 valence electrons. The number of rotatable bonds is 7. The minimum absolute atomic E-state index is 0.0666. The quantitative estimate of drug-likeness (QED) is 0.404. The molecule has 36 heavy (non-hydrogen) atoms. The van der Waals surface area contributed by atoms with Crippen LogP contribution >= 0.6 is 0 Å². The maximum Gasteiger partial charge on any atom is 0.573 e. The standard InChI is InChI=1S/C22H16F6N2O5S/c23-21(24,25)14-7-5-13(6-8-14)11-20(31)30-15-9-10-18(19(12-15)36(29,32)33)34-16-3-1-2-4-17(16)35-22(26,27)28/h1-10,12H,11H2,(H,30,31)(H2,29,32,33). The normalized spacial score (nSPS) is 12.2. The Hall–Kier alpha value is -3.78. The van der Waals surface area contributed by atoms with Crippen LogP contribution in [0, 0.1) is 0 Å². The second-order valence-electron chi connectivity index (χ2n) is 7.22. The van der Waals surface area contributed by atoms with E-state index in [9.17, 15) is 39.6 Å². The predicted octanol–water partition coefficient (Wildman–Crippen LogP) is 5.22. The van der Waals surface area contributed by atoms with Gasteiger partial charge in [0.1, 0.15) is 10.6 Å². The first-order valence-corrected chi connectivity index (χ1v) is 11.3. The molecular weight excluding hydrogens is 518 g/mol. The van der Waals surface area contributed by atoms with Crippen LogP contribution in [0.3, 0.4) is 0 Å². The molecular formula is C22H16F6N2O5S. The summed E-state index contributed by atoms with van der Waals surface area (Å²) in [6.07, 6.45) is -9.90. The van der Waals surface area contributed by atoms with Crippen molar-refractivity contribution in [3.63, 3.8) is 0 Å². The SMILES string of the molecule is NS(=O)(=O)c1cc(NC(=O)Cc2ccc(C(F)(F)F)cc2)ccc1Oc1ccccc1OC(F)(F)F. The van der Waals surface area contributed by atoms with E-state index >= 15 is 0 Å². The zero-order chi connectivity index (χ0) is 26.7. The van der Waals surface area contributed by atoms with E-state index < -0.39 is 56.2 Å². The molecule has 0 aliphatic heterocycles. The van der Waals surface area contributed by atoms with Gasteiger partial charge in [0.05, 0.1) is 12.0 Å². The van der Waals surface area contributed by atoms with Gasteiger partial charge in [0.2, 0.25) is 15.9 Å². The lowest BCUT2D eigenvalue weighted by Crippen LogP contribution is -2.18. The maximum absolute atomic E-state index is 12.7. The topological polar surface area (TPSA) is 108 Å². The molecule has 0 unspecified atom stereocenters. The maximum atomic E-state index is 12.7. The number of benzene rings is 3. The lowest BCUT2D eigenvalue weighted by molar-refractivity contribution is -0.275. The summed E-state index contributed by atoms with van der Waals surface area (Å²) in [4.78, 5) is 11.7. The fourth-order valence-corrected chi connectivity index (χ4v) is 3.64. The van der Waals surface area contributed by atoms with Crippen molar-refractivity contribution in [2.75, 3.05) is 5.32 Å². The highest BCUT2D eigenvalue weighted by atomic mass is 32.2. The van der Waals surface area contributed by atoms with Gasteiger partial charge in [-0.25, -0.2) is 13.6 Å². The zero-order valence-electron chi connectivity index (χ0n) is 17.9. The summed E-state index contributed by atoms with van der Waals surface area (Å²) in [6, 6.07) is 11.7. The van der Waals surface area contributed by atoms with Crippen LogP contribution in [0.25, 0.3) is 0 Å². The van der Waals surface area contributed by atoms with Crippen LogP contribution in [-0.4, -0.2) is 20.7 Å². The number of nitrogens with two attached hydrogens (primary N) is 1. The summed E-state index contributed by atoms with van der Waals surface area (Å²) >= 11 is 0. The number of ether oxygens (including phenoxy) is 2. The molecule has 0 aliphatic rings. The van der Waals surface area contributed by atoms with Crippen LogP contribution in [0.1, 0.15) is 11.1 Å². The lowest BCUT2D eigenvalue weighted by Gasteiger charge is -2.16. The second-order valence-corrected chi connectivity index (χ2v) is 8.75. The van der Waals surface area contributed by atoms with E-state index in [0.29, 0.717) is 0 Å². The molecule has 3 rings (SSSR count). The number of amides is 1. The third-order valence-electron chi connectivity index (χ3n) is 4.47. The number of nitrogens with one attached hydrogen (secondary N) is 1. The van der Waals surface area contributed by atoms with Crippen LogP contribution < -0.4 is 19.9 Å². The molecule has 3 aromatic rings. The van der Waals surface area contributed by atoms with E-state index in [1.807, 2.05) is 0 Å². The van der Waals surface area contributed by atoms with E-state index in [1.165, 1.54) is 18.2 Å². The lowest BCUT2D eigenvalue weighted by atomic mass is 10.1. The van der Waals surface area contributed by atoms with E-state index in [2.05, 4.69) is 10.1 Å². The van der Waals surface area contributed by atoms with Crippen molar-refractivity contribution in [1.29, 1.82) is 0 Å². The number of alkyl halides is 6. The Morgan fingerprint density at radius 3 is 2.03 bits per heavy atom. The number of halogens is 6. The Balaban J connectivity index is 1.81. The first kappa shape index (κ1) is 26.8. The van der Waals surface area contributed by atoms with Gasteiger partial charge >= 0.3 is 12.5 Å². The molecule has 0 spiro atoms. The number of primary sulfonamides is 1. The van der Waals surface area contributed by atoms with Crippen LogP contribution in [-0.2, 0) is 27.4 Å². The average molecular weight is 534 g/mol. The highest BCUT2D eigenvalue weighted by Crippen LogP contribution is 2.37. The zero-order valence-corrected chi connectivity index (χ0v) is 18.7. The van der Waals surface area contributed by atoms with Crippen LogP contribution in [0.5, 0.6) is 17.2 Å². The van der Waals surface area contributed by atoms with Crippen molar-refractivity contribution >= 4 is 21.6 Å². The van der Waals surface area contributed by atoms with E-state index in [4.69, 9.17) is 9.88 Å². The Labute approximate surface area is 200 Å². The predicted molar refractivity (Wildman–Crippen MR) is 115 cm³/mol. The minimum atomic E-state index is -5.04. The van der Waals surface area contributed by atoms with Crippen LogP contribution in [0.15, 0.2) is 71.6 Å². The first-order chi connectivity index (χ1) is 16.6. The Morgan fingerprint density at radius 1 is 0.861 bits per heavy atom. The molecule has 3 N–H and O–H groups in total. The van der Waals surface area contributed by atoms with Gasteiger partial charge in [-0.05, 0) is 48.0 Å². The summed E-state index contributed by atoms with van der Waals surface area (Å²) in [7, 11) is -4.48. The number of hydrogen-bond acceptors (Lipinski definition) is 5. The number of para-hydroxylation sites is 2. The van der Waals surface area contributed by atoms with Gasteiger partial charge in [-0.15, -0.1) is 13.2 Å². The van der Waals surface area contributed by atoms with Gasteiger partial charge in [-0.1, -0.05) is 24.3 Å². The summed E-state index contributed by atoms with van der Waals surface area (Å²) < 4.78 is 109. The number of hydrogen-bond donors (Lipinski definition) is 2. The molecule has 7 nitrogen and oxygen atoms in total. The molecule has 0 radical (unpaired) electrons. The van der Waals surface area contributed by atoms with Crippen molar-refractivity contribution in [2.24, 2.45) is 5.14 Å². The molecule has 0 heterocycles. The Bertz CT molecular complexity index is 1360. The Morgan fingerprint density at radius 2 is 1.47 bits per heavy atom. The largest absolute Gasteiger partial charge is 0.573 e. The third kappa shape index (κ3) is 7.36. The van der Waals surface area contributed by atoms with Crippen molar-refractivity contribution in [1.82, 2.24) is 0 Å². The van der Waals surface area contributed by atoms with Gasteiger partial charge in [-0.3, -0.25) is 4.79 Å². The number of carbonyl (C=O) groups is 1. The Kier molecular flexibility index (Phi) is 7.50. The van der Waals surface area contributed by atoms with Crippen molar-refractivity contribution in [3.8, 4) is 17.2 Å². The summed E-state index contributed by atoms with van der Waals surface area (Å²) in [5.74, 6) is -2.33. The van der Waals surface area contributed by atoms with Gasteiger partial charge in [0.25, 0.3) is 0 Å². The van der Waals surface area contributed by atoms with Crippen LogP contribution in [0.4, 0.5) is 32.0 Å². The molecule has 0 atom stereocenters. The molecule has 0 bridgehead atoms. The van der Waals surface area contributed by atoms with Gasteiger partial charge in [0.15, 0.2) is 11.5 Å². The van der Waals surface area contributed by atoms with Gasteiger partial charge in [0, 0.05) is 5.69 Å². The molecule has 3 aromatic carbocycles. The number of sulfonamides is 1. The molecule has 0 aliphatic carbocycles. The second kappa shape index (κ2) is 10.1. The van der Waals surface area contributed by atoms with Gasteiger partial charge < -0.3 is 14.8 Å². The highest BCUT2D eigenvalue weighted by Gasteiger charge is 2.33. The minimum Gasteiger partial charge on any atom is -0.452 e. The average Bonchev–Trinajstić information content (AvgIpc) is 2.74. The molecule has 0 saturated heterocycles. The van der Waals surface area contributed by atoms with E-state index in [0.717, 1.165) is 48.5 Å². The fraction of sp³-hybridized carbons (Fsp3) is 0.136.